The first-order chi connectivity index (χ1) is 12.6. The molecule has 6 heteroatoms. The molecule has 0 saturated carbocycles. The van der Waals surface area contributed by atoms with Crippen LogP contribution in [0, 0.1) is 11.8 Å². The highest BCUT2D eigenvalue weighted by Crippen LogP contribution is 2.24. The van der Waals surface area contributed by atoms with E-state index in [4.69, 9.17) is 9.47 Å². The minimum Gasteiger partial charge on any atom is -0.469 e. The smallest absolute Gasteiger partial charge is 0.310 e. The molecule has 1 saturated heterocycles. The van der Waals surface area contributed by atoms with Gasteiger partial charge >= 0.3 is 5.97 Å². The van der Waals surface area contributed by atoms with Crippen LogP contribution in [-0.2, 0) is 27.4 Å². The monoisotopic (exact) mass is 361 g/mol. The van der Waals surface area contributed by atoms with Gasteiger partial charge in [-0.25, -0.2) is 0 Å². The quantitative estimate of drug-likeness (QED) is 0.350. The molecule has 6 nitrogen and oxygen atoms in total. The number of benzene rings is 1. The normalized spacial score (nSPS) is 20.3. The zero-order chi connectivity index (χ0) is 18.9. The predicted molar refractivity (Wildman–Crippen MR) is 103 cm³/mol. The van der Waals surface area contributed by atoms with Gasteiger partial charge in [-0.15, -0.1) is 0 Å². The Morgan fingerprint density at radius 3 is 2.69 bits per heavy atom. The lowest BCUT2D eigenvalue weighted by Gasteiger charge is -2.22. The summed E-state index contributed by atoms with van der Waals surface area (Å²) in [6.07, 6.45) is 1.02. The molecule has 0 radical (unpaired) electrons. The maximum Gasteiger partial charge on any atom is 0.310 e. The average Bonchev–Trinajstić information content (AvgIpc) is 3.04. The fourth-order valence-corrected chi connectivity index (χ4v) is 3.30. The molecule has 144 valence electrons. The summed E-state index contributed by atoms with van der Waals surface area (Å²) >= 11 is 0. The minimum absolute atomic E-state index is 0.103. The van der Waals surface area contributed by atoms with E-state index in [0.29, 0.717) is 19.7 Å². The molecule has 0 amide bonds. The number of methoxy groups -OCH3 is 1. The number of nitrogens with one attached hydrogen (secondary N) is 1. The van der Waals surface area contributed by atoms with Gasteiger partial charge in [0.2, 0.25) is 0 Å². The Morgan fingerprint density at radius 2 is 2.04 bits per heavy atom. The predicted octanol–water partition coefficient (Wildman–Crippen LogP) is 2.43. The van der Waals surface area contributed by atoms with Crippen molar-refractivity contribution in [3.63, 3.8) is 0 Å². The maximum absolute atomic E-state index is 11.9. The third-order valence-electron chi connectivity index (χ3n) is 4.79. The molecular formula is C20H31N3O3. The van der Waals surface area contributed by atoms with E-state index in [1.54, 1.807) is 7.05 Å². The Bertz CT molecular complexity index is 618. The molecule has 0 aliphatic carbocycles. The topological polar surface area (TPSA) is 63.2 Å². The lowest BCUT2D eigenvalue weighted by atomic mass is 9.99. The summed E-state index contributed by atoms with van der Waals surface area (Å²) in [5.74, 6) is 0.811. The van der Waals surface area contributed by atoms with Crippen LogP contribution in [-0.4, -0.2) is 50.7 Å². The Morgan fingerprint density at radius 1 is 1.31 bits per heavy atom. The van der Waals surface area contributed by atoms with Crippen molar-refractivity contribution < 1.29 is 14.3 Å². The fraction of sp³-hybridized carbons (Fsp3) is 0.600. The molecule has 1 aliphatic heterocycles. The summed E-state index contributed by atoms with van der Waals surface area (Å²) in [5.41, 5.74) is 2.38. The van der Waals surface area contributed by atoms with E-state index < -0.39 is 0 Å². The van der Waals surface area contributed by atoms with Crippen LogP contribution in [0.5, 0.6) is 0 Å². The summed E-state index contributed by atoms with van der Waals surface area (Å²) in [5, 5.41) is 3.42. The summed E-state index contributed by atoms with van der Waals surface area (Å²) in [4.78, 5) is 18.4. The highest BCUT2D eigenvalue weighted by atomic mass is 16.5. The molecule has 2 rings (SSSR count). The number of likely N-dealkylation sites (tertiary alicyclic amines) is 1. The fourth-order valence-electron chi connectivity index (χ4n) is 3.30. The Balaban J connectivity index is 1.97. The van der Waals surface area contributed by atoms with Gasteiger partial charge in [-0.1, -0.05) is 38.1 Å². The first-order valence-electron chi connectivity index (χ1n) is 9.28. The number of carbonyl (C=O) groups is 1. The van der Waals surface area contributed by atoms with Crippen molar-refractivity contribution in [1.82, 2.24) is 10.2 Å². The van der Waals surface area contributed by atoms with Crippen LogP contribution in [0.25, 0.3) is 0 Å². The van der Waals surface area contributed by atoms with Gasteiger partial charge in [0.05, 0.1) is 19.6 Å². The van der Waals surface area contributed by atoms with Gasteiger partial charge < -0.3 is 19.7 Å². The van der Waals surface area contributed by atoms with Gasteiger partial charge in [0.1, 0.15) is 0 Å². The first-order valence-corrected chi connectivity index (χ1v) is 9.28. The SMILES string of the molecule is CCCOCc1ccccc1CNC(=NC)N1CC(C)C(C(=O)OC)C1. The largest absolute Gasteiger partial charge is 0.469 e. The lowest BCUT2D eigenvalue weighted by Crippen LogP contribution is -2.40. The Hall–Kier alpha value is -2.08. The molecule has 0 bridgehead atoms. The standard InChI is InChI=1S/C20H31N3O3/c1-5-10-26-14-17-9-7-6-8-16(17)11-22-20(21-3)23-12-15(2)18(13-23)19(24)25-4/h6-9,15,18H,5,10-14H2,1-4H3,(H,21,22). The van der Waals surface area contributed by atoms with E-state index in [-0.39, 0.29) is 17.8 Å². The van der Waals surface area contributed by atoms with Crippen LogP contribution < -0.4 is 5.32 Å². The van der Waals surface area contributed by atoms with E-state index >= 15 is 0 Å². The summed E-state index contributed by atoms with van der Waals surface area (Å²) in [6, 6.07) is 8.27. The number of carbonyl (C=O) groups excluding carboxylic acids is 1. The molecule has 2 atom stereocenters. The zero-order valence-electron chi connectivity index (χ0n) is 16.3. The lowest BCUT2D eigenvalue weighted by molar-refractivity contribution is -0.145. The second kappa shape index (κ2) is 10.2. The van der Waals surface area contributed by atoms with Crippen LogP contribution in [0.4, 0.5) is 0 Å². The molecule has 1 aromatic carbocycles. The number of hydrogen-bond donors (Lipinski definition) is 1. The number of hydrogen-bond acceptors (Lipinski definition) is 4. The van der Waals surface area contributed by atoms with E-state index in [9.17, 15) is 4.79 Å². The number of rotatable bonds is 7. The van der Waals surface area contributed by atoms with Crippen LogP contribution in [0.1, 0.15) is 31.4 Å². The maximum atomic E-state index is 11.9. The van der Waals surface area contributed by atoms with E-state index in [1.165, 1.54) is 18.2 Å². The summed E-state index contributed by atoms with van der Waals surface area (Å²) < 4.78 is 10.6. The minimum atomic E-state index is -0.145. The van der Waals surface area contributed by atoms with E-state index in [1.807, 2.05) is 12.1 Å². The highest BCUT2D eigenvalue weighted by Gasteiger charge is 2.36. The summed E-state index contributed by atoms with van der Waals surface area (Å²) in [6.45, 7) is 7.67. The molecular weight excluding hydrogens is 330 g/mol. The molecule has 0 aromatic heterocycles. The van der Waals surface area contributed by atoms with Gasteiger partial charge in [-0.3, -0.25) is 9.79 Å². The Kier molecular flexibility index (Phi) is 7.91. The van der Waals surface area contributed by atoms with Gasteiger partial charge in [0.25, 0.3) is 0 Å². The second-order valence-electron chi connectivity index (χ2n) is 6.73. The van der Waals surface area contributed by atoms with Crippen molar-refractivity contribution in [2.75, 3.05) is 33.9 Å². The molecule has 1 aromatic rings. The molecule has 0 spiro atoms. The number of esters is 1. The molecule has 26 heavy (non-hydrogen) atoms. The van der Waals surface area contributed by atoms with Gasteiger partial charge in [-0.2, -0.15) is 0 Å². The molecule has 1 aliphatic rings. The van der Waals surface area contributed by atoms with Crippen LogP contribution in [0.15, 0.2) is 29.3 Å². The number of ether oxygens (including phenoxy) is 2. The van der Waals surface area contributed by atoms with Crippen molar-refractivity contribution in [3.8, 4) is 0 Å². The number of aliphatic imine (C=N–C) groups is 1. The molecule has 1 N–H and O–H groups in total. The zero-order valence-corrected chi connectivity index (χ0v) is 16.3. The summed E-state index contributed by atoms with van der Waals surface area (Å²) in [7, 11) is 3.22. The van der Waals surface area contributed by atoms with Crippen molar-refractivity contribution in [1.29, 1.82) is 0 Å². The number of nitrogens with zero attached hydrogens (tertiary/aromatic N) is 2. The molecule has 1 heterocycles. The van der Waals surface area contributed by atoms with Crippen LogP contribution >= 0.6 is 0 Å². The van der Waals surface area contributed by atoms with Crippen molar-refractivity contribution in [2.45, 2.75) is 33.4 Å². The first kappa shape index (κ1) is 20.2. The average molecular weight is 361 g/mol. The molecule has 2 unspecified atom stereocenters. The highest BCUT2D eigenvalue weighted by molar-refractivity contribution is 5.82. The Labute approximate surface area is 156 Å². The third-order valence-corrected chi connectivity index (χ3v) is 4.79. The van der Waals surface area contributed by atoms with Crippen molar-refractivity contribution in [2.24, 2.45) is 16.8 Å². The van der Waals surface area contributed by atoms with E-state index in [0.717, 1.165) is 25.5 Å². The third kappa shape index (κ3) is 5.21. The number of guanidine groups is 1. The van der Waals surface area contributed by atoms with Crippen molar-refractivity contribution >= 4 is 11.9 Å². The van der Waals surface area contributed by atoms with Gasteiger partial charge in [-0.05, 0) is 23.5 Å². The van der Waals surface area contributed by atoms with E-state index in [2.05, 4.69) is 41.2 Å². The van der Waals surface area contributed by atoms with Gasteiger partial charge in [0, 0.05) is 33.3 Å². The van der Waals surface area contributed by atoms with Crippen LogP contribution in [0.3, 0.4) is 0 Å². The van der Waals surface area contributed by atoms with Crippen LogP contribution in [0.2, 0.25) is 0 Å². The second-order valence-corrected chi connectivity index (χ2v) is 6.73. The van der Waals surface area contributed by atoms with Crippen molar-refractivity contribution in [3.05, 3.63) is 35.4 Å². The van der Waals surface area contributed by atoms with Gasteiger partial charge in [0.15, 0.2) is 5.96 Å². The molecule has 1 fully saturated rings.